The predicted molar refractivity (Wildman–Crippen MR) is 60.0 cm³/mol. The highest BCUT2D eigenvalue weighted by Crippen LogP contribution is 2.21. The van der Waals surface area contributed by atoms with Crippen molar-refractivity contribution >= 4 is 0 Å². The first kappa shape index (κ1) is 12.9. The molecule has 1 unspecified atom stereocenters. The molecule has 1 aromatic rings. The minimum atomic E-state index is -2.44. The summed E-state index contributed by atoms with van der Waals surface area (Å²) in [6.07, 6.45) is -1.50. The lowest BCUT2D eigenvalue weighted by molar-refractivity contribution is 0.0818. The molecule has 0 amide bonds. The van der Waals surface area contributed by atoms with Gasteiger partial charge in [0.15, 0.2) is 0 Å². The number of halogens is 2. The molecule has 0 bridgehead atoms. The third-order valence-electron chi connectivity index (χ3n) is 2.39. The molecule has 0 aliphatic heterocycles. The summed E-state index contributed by atoms with van der Waals surface area (Å²) in [7, 11) is 1.88. The number of rotatable bonds is 6. The Hall–Kier alpha value is -1.16. The van der Waals surface area contributed by atoms with Gasteiger partial charge < -0.3 is 10.1 Å². The number of ether oxygens (including phenoxy) is 1. The van der Waals surface area contributed by atoms with Crippen LogP contribution in [0.5, 0.6) is 5.75 Å². The van der Waals surface area contributed by atoms with Gasteiger partial charge in [-0.25, -0.2) is 8.78 Å². The van der Waals surface area contributed by atoms with E-state index in [2.05, 4.69) is 12.2 Å². The van der Waals surface area contributed by atoms with Gasteiger partial charge in [0.1, 0.15) is 12.4 Å². The molecule has 4 heteroatoms. The van der Waals surface area contributed by atoms with Gasteiger partial charge in [-0.05, 0) is 31.2 Å². The lowest BCUT2D eigenvalue weighted by Gasteiger charge is -2.15. The largest absolute Gasteiger partial charge is 0.488 e. The summed E-state index contributed by atoms with van der Waals surface area (Å²) < 4.78 is 28.9. The van der Waals surface area contributed by atoms with Crippen molar-refractivity contribution in [2.24, 2.45) is 0 Å². The number of alkyl halides is 2. The molecule has 0 radical (unpaired) electrons. The highest BCUT2D eigenvalue weighted by Gasteiger charge is 2.08. The normalized spacial score (nSPS) is 12.8. The second-order valence-corrected chi connectivity index (χ2v) is 3.52. The topological polar surface area (TPSA) is 21.3 Å². The third kappa shape index (κ3) is 3.77. The van der Waals surface area contributed by atoms with Crippen molar-refractivity contribution < 1.29 is 13.5 Å². The SMILES string of the molecule is CCC(NC)c1cccc(OCC(F)F)c1. The molecule has 1 N–H and O–H groups in total. The van der Waals surface area contributed by atoms with Crippen molar-refractivity contribution in [1.29, 1.82) is 0 Å². The van der Waals surface area contributed by atoms with Gasteiger partial charge in [-0.1, -0.05) is 19.1 Å². The van der Waals surface area contributed by atoms with Crippen molar-refractivity contribution in [2.75, 3.05) is 13.7 Å². The Kier molecular flexibility index (Phi) is 5.19. The summed E-state index contributed by atoms with van der Waals surface area (Å²) >= 11 is 0. The predicted octanol–water partition coefficient (Wildman–Crippen LogP) is 3.00. The Balaban J connectivity index is 2.70. The summed E-state index contributed by atoms with van der Waals surface area (Å²) in [6, 6.07) is 7.49. The number of benzene rings is 1. The summed E-state index contributed by atoms with van der Waals surface area (Å²) in [6.45, 7) is 1.51. The zero-order chi connectivity index (χ0) is 12.0. The Bertz CT molecular complexity index is 314. The molecule has 0 aromatic heterocycles. The minimum absolute atomic E-state index is 0.232. The average molecular weight is 229 g/mol. The molecule has 0 saturated heterocycles. The van der Waals surface area contributed by atoms with E-state index < -0.39 is 13.0 Å². The number of hydrogen-bond donors (Lipinski definition) is 1. The monoisotopic (exact) mass is 229 g/mol. The quantitative estimate of drug-likeness (QED) is 0.809. The van der Waals surface area contributed by atoms with Crippen LogP contribution in [-0.2, 0) is 0 Å². The fourth-order valence-electron chi connectivity index (χ4n) is 1.59. The van der Waals surface area contributed by atoms with E-state index in [1.807, 2.05) is 19.2 Å². The lowest BCUT2D eigenvalue weighted by atomic mass is 10.0. The first-order valence-electron chi connectivity index (χ1n) is 5.35. The summed E-state index contributed by atoms with van der Waals surface area (Å²) in [5, 5.41) is 3.16. The van der Waals surface area contributed by atoms with Gasteiger partial charge in [0.05, 0.1) is 0 Å². The van der Waals surface area contributed by atoms with Gasteiger partial charge in [-0.2, -0.15) is 0 Å². The van der Waals surface area contributed by atoms with Crippen LogP contribution in [0.25, 0.3) is 0 Å². The van der Waals surface area contributed by atoms with Crippen LogP contribution in [0.3, 0.4) is 0 Å². The van der Waals surface area contributed by atoms with E-state index in [1.54, 1.807) is 12.1 Å². The van der Waals surface area contributed by atoms with Gasteiger partial charge in [0.2, 0.25) is 0 Å². The van der Waals surface area contributed by atoms with Crippen molar-refractivity contribution in [2.45, 2.75) is 25.8 Å². The van der Waals surface area contributed by atoms with Crippen molar-refractivity contribution in [3.8, 4) is 5.75 Å². The van der Waals surface area contributed by atoms with Crippen LogP contribution in [0.15, 0.2) is 24.3 Å². The molecule has 0 heterocycles. The zero-order valence-electron chi connectivity index (χ0n) is 9.54. The van der Waals surface area contributed by atoms with Crippen LogP contribution in [0.1, 0.15) is 24.9 Å². The number of hydrogen-bond acceptors (Lipinski definition) is 2. The van der Waals surface area contributed by atoms with Crippen LogP contribution in [0.4, 0.5) is 8.78 Å². The Morgan fingerprint density at radius 2 is 2.12 bits per heavy atom. The minimum Gasteiger partial charge on any atom is -0.488 e. The molecular formula is C12H17F2NO. The first-order valence-corrected chi connectivity index (χ1v) is 5.35. The smallest absolute Gasteiger partial charge is 0.272 e. The molecule has 0 aliphatic carbocycles. The molecule has 90 valence electrons. The molecule has 0 fully saturated rings. The lowest BCUT2D eigenvalue weighted by Crippen LogP contribution is -2.15. The van der Waals surface area contributed by atoms with Gasteiger partial charge >= 0.3 is 0 Å². The fraction of sp³-hybridized carbons (Fsp3) is 0.500. The van der Waals surface area contributed by atoms with Gasteiger partial charge in [0, 0.05) is 6.04 Å². The molecule has 1 atom stereocenters. The molecule has 0 saturated carbocycles. The maximum Gasteiger partial charge on any atom is 0.272 e. The van der Waals surface area contributed by atoms with E-state index in [0.29, 0.717) is 5.75 Å². The van der Waals surface area contributed by atoms with E-state index >= 15 is 0 Å². The van der Waals surface area contributed by atoms with Crippen LogP contribution >= 0.6 is 0 Å². The molecule has 1 aromatic carbocycles. The molecule has 0 aliphatic rings. The summed E-state index contributed by atoms with van der Waals surface area (Å²) in [5.41, 5.74) is 1.05. The maximum atomic E-state index is 12.0. The van der Waals surface area contributed by atoms with E-state index in [-0.39, 0.29) is 6.04 Å². The number of nitrogens with one attached hydrogen (secondary N) is 1. The van der Waals surface area contributed by atoms with Crippen molar-refractivity contribution in [1.82, 2.24) is 5.32 Å². The molecule has 16 heavy (non-hydrogen) atoms. The molecule has 1 rings (SSSR count). The van der Waals surface area contributed by atoms with Crippen LogP contribution < -0.4 is 10.1 Å². The first-order chi connectivity index (χ1) is 7.67. The fourth-order valence-corrected chi connectivity index (χ4v) is 1.59. The van der Waals surface area contributed by atoms with E-state index in [4.69, 9.17) is 4.74 Å². The second-order valence-electron chi connectivity index (χ2n) is 3.52. The van der Waals surface area contributed by atoms with Gasteiger partial charge in [0.25, 0.3) is 6.43 Å². The van der Waals surface area contributed by atoms with Crippen molar-refractivity contribution in [3.63, 3.8) is 0 Å². The summed E-state index contributed by atoms with van der Waals surface area (Å²) in [4.78, 5) is 0. The Morgan fingerprint density at radius 3 is 2.69 bits per heavy atom. The second kappa shape index (κ2) is 6.43. The van der Waals surface area contributed by atoms with Crippen LogP contribution in [-0.4, -0.2) is 20.1 Å². The Labute approximate surface area is 94.6 Å². The highest BCUT2D eigenvalue weighted by atomic mass is 19.3. The van der Waals surface area contributed by atoms with Crippen molar-refractivity contribution in [3.05, 3.63) is 29.8 Å². The van der Waals surface area contributed by atoms with E-state index in [9.17, 15) is 8.78 Å². The standard InChI is InChI=1S/C12H17F2NO/c1-3-11(15-2)9-5-4-6-10(7-9)16-8-12(13)14/h4-7,11-12,15H,3,8H2,1-2H3. The van der Waals surface area contributed by atoms with Gasteiger partial charge in [-0.15, -0.1) is 0 Å². The average Bonchev–Trinajstić information content (AvgIpc) is 2.29. The third-order valence-corrected chi connectivity index (χ3v) is 2.39. The molecular weight excluding hydrogens is 212 g/mol. The van der Waals surface area contributed by atoms with Crippen LogP contribution in [0, 0.1) is 0 Å². The van der Waals surface area contributed by atoms with E-state index in [1.165, 1.54) is 0 Å². The zero-order valence-corrected chi connectivity index (χ0v) is 9.54. The van der Waals surface area contributed by atoms with Crippen LogP contribution in [0.2, 0.25) is 0 Å². The highest BCUT2D eigenvalue weighted by molar-refractivity contribution is 5.30. The van der Waals surface area contributed by atoms with Gasteiger partial charge in [-0.3, -0.25) is 0 Å². The van der Waals surface area contributed by atoms with E-state index in [0.717, 1.165) is 12.0 Å². The molecule has 2 nitrogen and oxygen atoms in total. The molecule has 0 spiro atoms. The Morgan fingerprint density at radius 1 is 1.38 bits per heavy atom. The summed E-state index contributed by atoms with van der Waals surface area (Å²) in [5.74, 6) is 0.492. The maximum absolute atomic E-state index is 12.0.